The van der Waals surface area contributed by atoms with Crippen LogP contribution in [0.2, 0.25) is 0 Å². The largest absolute Gasteiger partial charge is 1.00 e. The van der Waals surface area contributed by atoms with E-state index in [1.165, 1.54) is 0 Å². The van der Waals surface area contributed by atoms with Gasteiger partial charge in [0.15, 0.2) is 0 Å². The van der Waals surface area contributed by atoms with Crippen LogP contribution in [0, 0.1) is 0 Å². The second-order valence-corrected chi connectivity index (χ2v) is 0.843. The fourth-order valence-corrected chi connectivity index (χ4v) is 0. The number of rotatable bonds is 1. The molecule has 0 amide bonds. The van der Waals surface area contributed by atoms with Gasteiger partial charge in [-0.15, -0.1) is 0 Å². The number of carboxylic acids is 1. The SMILES string of the molecule is NCC(=O)O.O=PO.[H-].[Na+]. The molecule has 50 valence electrons. The predicted molar refractivity (Wildman–Crippen MR) is 27.6 cm³/mol. The van der Waals surface area contributed by atoms with Crippen LogP contribution in [-0.2, 0) is 9.36 Å². The average Bonchev–Trinajstić information content (AvgIpc) is 1.69. The van der Waals surface area contributed by atoms with Gasteiger partial charge in [-0.1, -0.05) is 0 Å². The summed E-state index contributed by atoms with van der Waals surface area (Å²) in [6, 6.07) is 0. The summed E-state index contributed by atoms with van der Waals surface area (Å²) in [5, 5.41) is 7.60. The van der Waals surface area contributed by atoms with Crippen molar-refractivity contribution in [3.63, 3.8) is 0 Å². The van der Waals surface area contributed by atoms with Gasteiger partial charge >= 0.3 is 44.2 Å². The first kappa shape index (κ1) is 16.2. The molecule has 0 atom stereocenters. The molecule has 0 aliphatic rings. The van der Waals surface area contributed by atoms with E-state index < -0.39 is 14.7 Å². The number of aliphatic carboxylic acids is 1. The minimum Gasteiger partial charge on any atom is -1.00 e. The topological polar surface area (TPSA) is 101 Å². The van der Waals surface area contributed by atoms with Crippen molar-refractivity contribution in [3.8, 4) is 0 Å². The molecular formula is C2H7NNaO4P. The molecule has 0 fully saturated rings. The van der Waals surface area contributed by atoms with Crippen LogP contribution in [-0.4, -0.2) is 22.5 Å². The van der Waals surface area contributed by atoms with Gasteiger partial charge < -0.3 is 17.2 Å². The summed E-state index contributed by atoms with van der Waals surface area (Å²) in [6.45, 7) is -0.278. The summed E-state index contributed by atoms with van der Waals surface area (Å²) in [7, 11) is -0.833. The number of hydrogen-bond acceptors (Lipinski definition) is 3. The minimum absolute atomic E-state index is 0. The monoisotopic (exact) mass is 163 g/mol. The van der Waals surface area contributed by atoms with Crippen LogP contribution in [0.5, 0.6) is 0 Å². The van der Waals surface area contributed by atoms with E-state index in [1.54, 1.807) is 0 Å². The number of carboxylic acid groups (broad SMARTS) is 1. The van der Waals surface area contributed by atoms with Gasteiger partial charge in [-0.25, -0.2) is 4.57 Å². The third-order valence-electron chi connectivity index (χ3n) is 0.175. The molecule has 0 aromatic rings. The van der Waals surface area contributed by atoms with Crippen LogP contribution in [0.25, 0.3) is 0 Å². The molecule has 0 unspecified atom stereocenters. The second kappa shape index (κ2) is 15.8. The maximum atomic E-state index is 9.24. The number of hydrogen-bond donors (Lipinski definition) is 3. The van der Waals surface area contributed by atoms with Crippen LogP contribution >= 0.6 is 8.69 Å². The Kier molecular flexibility index (Phi) is 28.5. The molecule has 4 N–H and O–H groups in total. The third-order valence-corrected chi connectivity index (χ3v) is 0.175. The second-order valence-electron chi connectivity index (χ2n) is 0.680. The Morgan fingerprint density at radius 2 is 1.89 bits per heavy atom. The molecule has 0 aromatic heterocycles. The quantitative estimate of drug-likeness (QED) is 0.273. The zero-order chi connectivity index (χ0) is 6.99. The molecule has 0 heterocycles. The molecule has 0 aliphatic carbocycles. The minimum atomic E-state index is -0.968. The molecule has 0 saturated carbocycles. The normalized spacial score (nSPS) is 6.44. The van der Waals surface area contributed by atoms with Crippen molar-refractivity contribution in [1.82, 2.24) is 0 Å². The summed E-state index contributed by atoms with van der Waals surface area (Å²) in [4.78, 5) is 16.2. The van der Waals surface area contributed by atoms with E-state index in [-0.39, 0.29) is 37.5 Å². The summed E-state index contributed by atoms with van der Waals surface area (Å²) >= 11 is 0. The molecular weight excluding hydrogens is 156 g/mol. The molecule has 5 nitrogen and oxygen atoms in total. The summed E-state index contributed by atoms with van der Waals surface area (Å²) < 4.78 is 8.46. The third kappa shape index (κ3) is 57.7. The van der Waals surface area contributed by atoms with Crippen molar-refractivity contribution in [1.29, 1.82) is 0 Å². The maximum absolute atomic E-state index is 9.24. The Labute approximate surface area is 77.3 Å². The Hall–Kier alpha value is 0.490. The van der Waals surface area contributed by atoms with E-state index in [0.29, 0.717) is 0 Å². The molecule has 0 bridgehead atoms. The van der Waals surface area contributed by atoms with E-state index in [1.807, 2.05) is 0 Å². The predicted octanol–water partition coefficient (Wildman–Crippen LogP) is -3.67. The van der Waals surface area contributed by atoms with Crippen molar-refractivity contribution in [2.24, 2.45) is 5.73 Å². The van der Waals surface area contributed by atoms with Gasteiger partial charge in [0.1, 0.15) is 0 Å². The van der Waals surface area contributed by atoms with Crippen molar-refractivity contribution in [2.45, 2.75) is 0 Å². The van der Waals surface area contributed by atoms with E-state index in [4.69, 9.17) is 14.6 Å². The van der Waals surface area contributed by atoms with Crippen LogP contribution < -0.4 is 35.3 Å². The Balaban J connectivity index is -0.0000000326. The van der Waals surface area contributed by atoms with Gasteiger partial charge in [-0.3, -0.25) is 4.79 Å². The van der Waals surface area contributed by atoms with Crippen molar-refractivity contribution < 1.29 is 50.3 Å². The van der Waals surface area contributed by atoms with Gasteiger partial charge in [0.05, 0.1) is 6.54 Å². The van der Waals surface area contributed by atoms with Gasteiger partial charge in [0.25, 0.3) is 0 Å². The zero-order valence-corrected chi connectivity index (χ0v) is 7.84. The summed E-state index contributed by atoms with van der Waals surface area (Å²) in [5.41, 5.74) is 4.57. The molecule has 9 heavy (non-hydrogen) atoms. The zero-order valence-electron chi connectivity index (χ0n) is 5.94. The van der Waals surface area contributed by atoms with E-state index in [9.17, 15) is 4.79 Å². The van der Waals surface area contributed by atoms with Gasteiger partial charge in [-0.05, 0) is 0 Å². The van der Waals surface area contributed by atoms with Gasteiger partial charge in [0, 0.05) is 0 Å². The first-order valence-electron chi connectivity index (χ1n) is 1.57. The first-order valence-corrected chi connectivity index (χ1v) is 2.34. The molecule has 0 radical (unpaired) electrons. The summed E-state index contributed by atoms with van der Waals surface area (Å²) in [6.07, 6.45) is 0. The van der Waals surface area contributed by atoms with E-state index in [2.05, 4.69) is 5.73 Å². The van der Waals surface area contributed by atoms with Gasteiger partial charge in [-0.2, -0.15) is 0 Å². The fraction of sp³-hybridized carbons (Fsp3) is 0.500. The Bertz CT molecular complexity index is 83.7. The molecule has 0 aromatic carbocycles. The van der Waals surface area contributed by atoms with Gasteiger partial charge in [0.2, 0.25) is 0 Å². The molecule has 0 spiro atoms. The molecule has 7 heteroatoms. The molecule has 0 rings (SSSR count). The molecule has 0 saturated heterocycles. The number of nitrogens with two attached hydrogens (primary N) is 1. The van der Waals surface area contributed by atoms with Crippen LogP contribution in [0.4, 0.5) is 0 Å². The van der Waals surface area contributed by atoms with Crippen LogP contribution in [0.3, 0.4) is 0 Å². The smallest absolute Gasteiger partial charge is 1.00 e. The fourth-order valence-electron chi connectivity index (χ4n) is 0. The average molecular weight is 163 g/mol. The maximum Gasteiger partial charge on any atom is 1.00 e. The van der Waals surface area contributed by atoms with Crippen molar-refractivity contribution in [3.05, 3.63) is 0 Å². The van der Waals surface area contributed by atoms with E-state index >= 15 is 0 Å². The Morgan fingerprint density at radius 1 is 1.78 bits per heavy atom. The standard InChI is InChI=1S/C2H5NO2.Na.HO2P.H/c3-1-2(4)5;;1-3-2;/h1,3H2,(H,4,5);;(H,1,2);/q;+1;;-1. The summed E-state index contributed by atoms with van der Waals surface area (Å²) in [5.74, 6) is -0.968. The first-order chi connectivity index (χ1) is 3.68. The molecule has 0 aliphatic heterocycles. The van der Waals surface area contributed by atoms with Crippen molar-refractivity contribution >= 4 is 14.7 Å². The van der Waals surface area contributed by atoms with E-state index in [0.717, 1.165) is 0 Å². The van der Waals surface area contributed by atoms with Crippen molar-refractivity contribution in [2.75, 3.05) is 6.54 Å². The van der Waals surface area contributed by atoms with Crippen LogP contribution in [0.1, 0.15) is 1.43 Å². The number of carbonyl (C=O) groups is 1. The Morgan fingerprint density at radius 3 is 1.89 bits per heavy atom. The van der Waals surface area contributed by atoms with Crippen LogP contribution in [0.15, 0.2) is 0 Å².